The number of nitrogens with zero attached hydrogens (tertiary/aromatic N) is 1. The third-order valence-corrected chi connectivity index (χ3v) is 8.83. The van der Waals surface area contributed by atoms with E-state index >= 15 is 0 Å². The Morgan fingerprint density at radius 2 is 1.96 bits per heavy atom. The van der Waals surface area contributed by atoms with Gasteiger partial charge in [-0.15, -0.1) is 0 Å². The van der Waals surface area contributed by atoms with Crippen molar-refractivity contribution in [1.82, 2.24) is 4.31 Å². The van der Waals surface area contributed by atoms with Gasteiger partial charge in [0.1, 0.15) is 5.76 Å². The Balaban J connectivity index is 1.72. The largest absolute Gasteiger partial charge is 0.468 e. The van der Waals surface area contributed by atoms with Crippen molar-refractivity contribution >= 4 is 19.9 Å². The van der Waals surface area contributed by atoms with Gasteiger partial charge < -0.3 is 4.42 Å². The first-order valence-corrected chi connectivity index (χ1v) is 12.0. The summed E-state index contributed by atoms with van der Waals surface area (Å²) < 4.78 is 57.2. The number of furan rings is 1. The molecule has 0 spiro atoms. The second-order valence-electron chi connectivity index (χ2n) is 6.97. The number of aryl methyl sites for hydroxylation is 2. The van der Waals surface area contributed by atoms with Gasteiger partial charge in [0.25, 0.3) is 0 Å². The molecule has 0 bridgehead atoms. The van der Waals surface area contributed by atoms with E-state index in [1.165, 1.54) is 16.1 Å². The van der Waals surface area contributed by atoms with Gasteiger partial charge in [-0.25, -0.2) is 16.8 Å². The Labute approximate surface area is 153 Å². The molecule has 0 N–H and O–H groups in total. The molecule has 2 aliphatic rings. The average Bonchev–Trinajstić information content (AvgIpc) is 3.32. The van der Waals surface area contributed by atoms with Gasteiger partial charge in [0.05, 0.1) is 29.2 Å². The zero-order valence-electron chi connectivity index (χ0n) is 14.3. The highest BCUT2D eigenvalue weighted by Gasteiger charge is 2.39. The molecule has 8 heteroatoms. The quantitative estimate of drug-likeness (QED) is 0.774. The molecule has 1 aliphatic heterocycles. The summed E-state index contributed by atoms with van der Waals surface area (Å²) in [7, 11) is -7.03. The van der Waals surface area contributed by atoms with Gasteiger partial charge in [0.2, 0.25) is 10.0 Å². The van der Waals surface area contributed by atoms with Crippen LogP contribution in [0.25, 0.3) is 0 Å². The molecule has 4 rings (SSSR count). The number of fused-ring (bicyclic) bond motifs is 1. The van der Waals surface area contributed by atoms with E-state index in [2.05, 4.69) is 0 Å². The fourth-order valence-electron chi connectivity index (χ4n) is 3.81. The molecule has 140 valence electrons. The van der Waals surface area contributed by atoms with E-state index in [1.54, 1.807) is 24.3 Å². The second-order valence-corrected chi connectivity index (χ2v) is 11.1. The molecule has 1 atom stereocenters. The molecule has 0 saturated carbocycles. The molecular formula is C18H21NO5S2. The van der Waals surface area contributed by atoms with Crippen LogP contribution in [0.5, 0.6) is 0 Å². The van der Waals surface area contributed by atoms with E-state index in [1.807, 2.05) is 6.07 Å². The van der Waals surface area contributed by atoms with Crippen molar-refractivity contribution in [1.29, 1.82) is 0 Å². The predicted molar refractivity (Wildman–Crippen MR) is 97.0 cm³/mol. The normalized spacial score (nSPS) is 22.0. The molecule has 6 nitrogen and oxygen atoms in total. The van der Waals surface area contributed by atoms with Gasteiger partial charge in [-0.3, -0.25) is 0 Å². The highest BCUT2D eigenvalue weighted by Crippen LogP contribution is 2.30. The van der Waals surface area contributed by atoms with E-state index in [-0.39, 0.29) is 22.9 Å². The summed E-state index contributed by atoms with van der Waals surface area (Å²) in [5.74, 6) is 0.378. The van der Waals surface area contributed by atoms with Gasteiger partial charge in [0.15, 0.2) is 9.84 Å². The van der Waals surface area contributed by atoms with Crippen LogP contribution in [-0.2, 0) is 39.2 Å². The van der Waals surface area contributed by atoms with Crippen LogP contribution in [-0.4, -0.2) is 38.7 Å². The fourth-order valence-corrected chi connectivity index (χ4v) is 7.31. The zero-order chi connectivity index (χ0) is 18.4. The summed E-state index contributed by atoms with van der Waals surface area (Å²) in [4.78, 5) is 0.231. The van der Waals surface area contributed by atoms with Crippen molar-refractivity contribution in [3.8, 4) is 0 Å². The second kappa shape index (κ2) is 6.51. The van der Waals surface area contributed by atoms with Crippen LogP contribution >= 0.6 is 0 Å². The summed E-state index contributed by atoms with van der Waals surface area (Å²) in [6, 6.07) is 8.10. The maximum absolute atomic E-state index is 13.3. The van der Waals surface area contributed by atoms with Crippen molar-refractivity contribution in [2.75, 3.05) is 11.5 Å². The van der Waals surface area contributed by atoms with Crippen LogP contribution in [0.3, 0.4) is 0 Å². The average molecular weight is 396 g/mol. The first-order chi connectivity index (χ1) is 12.4. The molecule has 1 aromatic carbocycles. The standard InChI is InChI=1S/C18H21NO5S2/c20-25(21)10-8-16(13-25)19(12-17-5-2-9-24-17)26(22,23)18-7-6-14-3-1-4-15(14)11-18/h2,5-7,9,11,16H,1,3-4,8,10,12-13H2. The minimum absolute atomic E-state index is 0.0199. The topological polar surface area (TPSA) is 84.7 Å². The van der Waals surface area contributed by atoms with Gasteiger partial charge >= 0.3 is 0 Å². The van der Waals surface area contributed by atoms with E-state index in [0.29, 0.717) is 12.2 Å². The van der Waals surface area contributed by atoms with E-state index in [0.717, 1.165) is 24.8 Å². The fraction of sp³-hybridized carbons (Fsp3) is 0.444. The molecule has 26 heavy (non-hydrogen) atoms. The van der Waals surface area contributed by atoms with Gasteiger partial charge in [-0.1, -0.05) is 6.07 Å². The SMILES string of the molecule is O=S1(=O)CCC(N(Cc2ccco2)S(=O)(=O)c2ccc3c(c2)CCC3)C1. The lowest BCUT2D eigenvalue weighted by molar-refractivity contribution is 0.307. The van der Waals surface area contributed by atoms with Crippen molar-refractivity contribution in [2.45, 2.75) is 43.2 Å². The summed E-state index contributed by atoms with van der Waals surface area (Å²) in [6.07, 6.45) is 4.70. The van der Waals surface area contributed by atoms with Crippen molar-refractivity contribution in [3.05, 3.63) is 53.5 Å². The minimum atomic E-state index is -3.82. The van der Waals surface area contributed by atoms with Crippen LogP contribution in [0.2, 0.25) is 0 Å². The first kappa shape index (κ1) is 17.8. The van der Waals surface area contributed by atoms with Gasteiger partial charge in [-0.2, -0.15) is 4.31 Å². The Hall–Kier alpha value is -1.64. The Kier molecular flexibility index (Phi) is 4.45. The van der Waals surface area contributed by atoms with Crippen LogP contribution in [0, 0.1) is 0 Å². The lowest BCUT2D eigenvalue weighted by Gasteiger charge is -2.26. The molecule has 0 radical (unpaired) electrons. The van der Waals surface area contributed by atoms with E-state index in [9.17, 15) is 16.8 Å². The number of benzene rings is 1. The summed E-state index contributed by atoms with van der Waals surface area (Å²) in [5, 5.41) is 0. The third-order valence-electron chi connectivity index (χ3n) is 5.18. The molecule has 1 unspecified atom stereocenters. The Bertz CT molecular complexity index is 1010. The molecule has 1 aromatic heterocycles. The number of sulfonamides is 1. The van der Waals surface area contributed by atoms with Crippen LogP contribution in [0.1, 0.15) is 29.7 Å². The lowest BCUT2D eigenvalue weighted by Crippen LogP contribution is -2.40. The molecule has 0 amide bonds. The molecular weight excluding hydrogens is 374 g/mol. The maximum Gasteiger partial charge on any atom is 0.243 e. The van der Waals surface area contributed by atoms with Gasteiger partial charge in [-0.05, 0) is 61.1 Å². The Morgan fingerprint density at radius 3 is 2.65 bits per heavy atom. The van der Waals surface area contributed by atoms with E-state index < -0.39 is 25.9 Å². The van der Waals surface area contributed by atoms with Crippen LogP contribution in [0.4, 0.5) is 0 Å². The molecule has 1 saturated heterocycles. The van der Waals surface area contributed by atoms with E-state index in [4.69, 9.17) is 4.42 Å². The van der Waals surface area contributed by atoms with Crippen LogP contribution in [0.15, 0.2) is 45.9 Å². The van der Waals surface area contributed by atoms with Crippen molar-refractivity contribution < 1.29 is 21.3 Å². The Morgan fingerprint density at radius 1 is 1.15 bits per heavy atom. The predicted octanol–water partition coefficient (Wildman–Crippen LogP) is 2.15. The number of hydrogen-bond acceptors (Lipinski definition) is 5. The summed E-state index contributed by atoms with van der Waals surface area (Å²) >= 11 is 0. The van der Waals surface area contributed by atoms with Crippen molar-refractivity contribution in [3.63, 3.8) is 0 Å². The first-order valence-electron chi connectivity index (χ1n) is 8.72. The number of rotatable bonds is 5. The lowest BCUT2D eigenvalue weighted by atomic mass is 10.1. The minimum Gasteiger partial charge on any atom is -0.468 e. The van der Waals surface area contributed by atoms with Gasteiger partial charge in [0, 0.05) is 6.04 Å². The number of hydrogen-bond donors (Lipinski definition) is 0. The highest BCUT2D eigenvalue weighted by molar-refractivity contribution is 7.92. The smallest absolute Gasteiger partial charge is 0.243 e. The number of sulfone groups is 1. The third kappa shape index (κ3) is 3.33. The summed E-state index contributed by atoms with van der Waals surface area (Å²) in [5.41, 5.74) is 2.27. The zero-order valence-corrected chi connectivity index (χ0v) is 15.9. The molecule has 2 heterocycles. The molecule has 1 aliphatic carbocycles. The monoisotopic (exact) mass is 395 g/mol. The van der Waals surface area contributed by atoms with Crippen molar-refractivity contribution in [2.24, 2.45) is 0 Å². The summed E-state index contributed by atoms with van der Waals surface area (Å²) in [6.45, 7) is 0.0343. The molecule has 2 aromatic rings. The molecule has 1 fully saturated rings. The maximum atomic E-state index is 13.3. The highest BCUT2D eigenvalue weighted by atomic mass is 32.2. The van der Waals surface area contributed by atoms with Crippen LogP contribution < -0.4 is 0 Å².